The number of ether oxygens (including phenoxy) is 1. The Morgan fingerprint density at radius 2 is 2.06 bits per heavy atom. The molecule has 1 heterocycles. The summed E-state index contributed by atoms with van der Waals surface area (Å²) >= 11 is 0. The number of rotatable bonds is 5. The van der Waals surface area contributed by atoms with Gasteiger partial charge in [-0.25, -0.2) is 4.98 Å². The molecular weight excluding hydrogens is 236 g/mol. The van der Waals surface area contributed by atoms with Gasteiger partial charge in [0, 0.05) is 20.5 Å². The van der Waals surface area contributed by atoms with E-state index in [0.717, 1.165) is 0 Å². The highest BCUT2D eigenvalue weighted by Crippen LogP contribution is 2.11. The monoisotopic (exact) mass is 254 g/mol. The molecule has 0 atom stereocenters. The van der Waals surface area contributed by atoms with Crippen LogP contribution in [0.15, 0.2) is 4.42 Å². The molecule has 6 nitrogen and oxygen atoms in total. The van der Waals surface area contributed by atoms with E-state index in [-0.39, 0.29) is 30.6 Å². The average molecular weight is 254 g/mol. The molecule has 0 aliphatic carbocycles. The summed E-state index contributed by atoms with van der Waals surface area (Å²) in [5, 5.41) is 0. The van der Waals surface area contributed by atoms with E-state index in [2.05, 4.69) is 4.98 Å². The maximum atomic E-state index is 12.0. The fourth-order valence-corrected chi connectivity index (χ4v) is 1.50. The van der Waals surface area contributed by atoms with Crippen LogP contribution in [0.2, 0.25) is 0 Å². The number of carbonyl (C=O) groups excluding carboxylic acids is 2. The van der Waals surface area contributed by atoms with Gasteiger partial charge >= 0.3 is 5.97 Å². The SMILES string of the molecule is CCOC(=O)CCN(C)C(=O)c1oc(C)nc1C. The zero-order chi connectivity index (χ0) is 13.7. The predicted octanol–water partition coefficient (Wildman–Crippen LogP) is 1.32. The van der Waals surface area contributed by atoms with Crippen LogP contribution in [-0.2, 0) is 9.53 Å². The molecule has 1 aromatic heterocycles. The number of amides is 1. The van der Waals surface area contributed by atoms with Gasteiger partial charge in [-0.3, -0.25) is 9.59 Å². The van der Waals surface area contributed by atoms with E-state index >= 15 is 0 Å². The van der Waals surface area contributed by atoms with Crippen molar-refractivity contribution < 1.29 is 18.7 Å². The Bertz CT molecular complexity index is 439. The average Bonchev–Trinajstić information content (AvgIpc) is 2.64. The van der Waals surface area contributed by atoms with Crippen molar-refractivity contribution in [3.05, 3.63) is 17.3 Å². The maximum absolute atomic E-state index is 12.0. The highest BCUT2D eigenvalue weighted by Gasteiger charge is 2.20. The van der Waals surface area contributed by atoms with Crippen LogP contribution in [0.1, 0.15) is 35.5 Å². The lowest BCUT2D eigenvalue weighted by atomic mass is 10.3. The first kappa shape index (κ1) is 14.2. The summed E-state index contributed by atoms with van der Waals surface area (Å²) in [4.78, 5) is 28.6. The van der Waals surface area contributed by atoms with Crippen molar-refractivity contribution in [1.82, 2.24) is 9.88 Å². The first-order valence-electron chi connectivity index (χ1n) is 5.80. The number of oxazole rings is 1. The Morgan fingerprint density at radius 3 is 2.56 bits per heavy atom. The molecule has 0 unspecified atom stereocenters. The molecule has 0 aliphatic rings. The molecule has 0 aliphatic heterocycles. The number of carbonyl (C=O) groups is 2. The molecule has 1 rings (SSSR count). The number of esters is 1. The fourth-order valence-electron chi connectivity index (χ4n) is 1.50. The Morgan fingerprint density at radius 1 is 1.39 bits per heavy atom. The molecule has 0 saturated heterocycles. The summed E-state index contributed by atoms with van der Waals surface area (Å²) in [5.74, 6) is 0.0773. The van der Waals surface area contributed by atoms with Gasteiger partial charge in [0.2, 0.25) is 5.76 Å². The molecule has 0 aromatic carbocycles. The minimum Gasteiger partial charge on any atom is -0.466 e. The van der Waals surface area contributed by atoms with Gasteiger partial charge in [0.1, 0.15) is 0 Å². The minimum atomic E-state index is -0.317. The molecule has 100 valence electrons. The Balaban J connectivity index is 2.57. The van der Waals surface area contributed by atoms with E-state index in [0.29, 0.717) is 18.2 Å². The van der Waals surface area contributed by atoms with Crippen LogP contribution in [-0.4, -0.2) is 42.0 Å². The zero-order valence-corrected chi connectivity index (χ0v) is 11.1. The Hall–Kier alpha value is -1.85. The van der Waals surface area contributed by atoms with Crippen LogP contribution >= 0.6 is 0 Å². The van der Waals surface area contributed by atoms with E-state index in [1.807, 2.05) is 0 Å². The first-order valence-corrected chi connectivity index (χ1v) is 5.80. The van der Waals surface area contributed by atoms with Gasteiger partial charge < -0.3 is 14.1 Å². The summed E-state index contributed by atoms with van der Waals surface area (Å²) in [6.07, 6.45) is 0.169. The second-order valence-corrected chi connectivity index (χ2v) is 3.93. The number of nitrogens with zero attached hydrogens (tertiary/aromatic N) is 2. The Labute approximate surface area is 106 Å². The standard InChI is InChI=1S/C12H18N2O4/c1-5-17-10(15)6-7-14(4)12(16)11-8(2)13-9(3)18-11/h5-7H2,1-4H3. The van der Waals surface area contributed by atoms with Crippen LogP contribution in [0, 0.1) is 13.8 Å². The first-order chi connectivity index (χ1) is 8.45. The highest BCUT2D eigenvalue weighted by atomic mass is 16.5. The lowest BCUT2D eigenvalue weighted by molar-refractivity contribution is -0.143. The minimum absolute atomic E-state index is 0.169. The van der Waals surface area contributed by atoms with Crippen molar-refractivity contribution in [3.8, 4) is 0 Å². The number of hydrogen-bond acceptors (Lipinski definition) is 5. The molecular formula is C12H18N2O4. The molecule has 1 aromatic rings. The van der Waals surface area contributed by atoms with E-state index < -0.39 is 0 Å². The summed E-state index contributed by atoms with van der Waals surface area (Å²) in [6, 6.07) is 0. The zero-order valence-electron chi connectivity index (χ0n) is 11.1. The van der Waals surface area contributed by atoms with Crippen LogP contribution in [0.25, 0.3) is 0 Å². The quantitative estimate of drug-likeness (QED) is 0.741. The number of aromatic nitrogens is 1. The van der Waals surface area contributed by atoms with Gasteiger partial charge in [-0.2, -0.15) is 0 Å². The van der Waals surface area contributed by atoms with Crippen molar-refractivity contribution >= 4 is 11.9 Å². The molecule has 0 spiro atoms. The van der Waals surface area contributed by atoms with Crippen molar-refractivity contribution in [2.75, 3.05) is 20.2 Å². The van der Waals surface area contributed by atoms with E-state index in [1.54, 1.807) is 27.8 Å². The lowest BCUT2D eigenvalue weighted by Crippen LogP contribution is -2.29. The van der Waals surface area contributed by atoms with Gasteiger partial charge in [0.05, 0.1) is 18.7 Å². The third kappa shape index (κ3) is 3.58. The molecule has 0 N–H and O–H groups in total. The molecule has 0 radical (unpaired) electrons. The van der Waals surface area contributed by atoms with Gasteiger partial charge in [-0.05, 0) is 13.8 Å². The van der Waals surface area contributed by atoms with Gasteiger partial charge in [0.15, 0.2) is 5.89 Å². The summed E-state index contributed by atoms with van der Waals surface area (Å²) in [6.45, 7) is 5.77. The lowest BCUT2D eigenvalue weighted by Gasteiger charge is -2.15. The molecule has 6 heteroatoms. The summed E-state index contributed by atoms with van der Waals surface area (Å²) < 4.78 is 10.0. The largest absolute Gasteiger partial charge is 0.466 e. The van der Waals surface area contributed by atoms with Gasteiger partial charge in [-0.1, -0.05) is 0 Å². The predicted molar refractivity (Wildman–Crippen MR) is 64.2 cm³/mol. The van der Waals surface area contributed by atoms with Crippen LogP contribution < -0.4 is 0 Å². The molecule has 0 fully saturated rings. The van der Waals surface area contributed by atoms with Crippen LogP contribution in [0.3, 0.4) is 0 Å². The second-order valence-electron chi connectivity index (χ2n) is 3.93. The van der Waals surface area contributed by atoms with Gasteiger partial charge in [0.25, 0.3) is 5.91 Å². The molecule has 0 bridgehead atoms. The second kappa shape index (κ2) is 6.18. The third-order valence-electron chi connectivity index (χ3n) is 2.40. The Kier molecular flexibility index (Phi) is 4.88. The molecule has 1 amide bonds. The van der Waals surface area contributed by atoms with Crippen molar-refractivity contribution in [3.63, 3.8) is 0 Å². The highest BCUT2D eigenvalue weighted by molar-refractivity contribution is 5.92. The topological polar surface area (TPSA) is 72.6 Å². The molecule has 18 heavy (non-hydrogen) atoms. The van der Waals surface area contributed by atoms with E-state index in [1.165, 1.54) is 4.90 Å². The van der Waals surface area contributed by atoms with Crippen molar-refractivity contribution in [1.29, 1.82) is 0 Å². The smallest absolute Gasteiger partial charge is 0.307 e. The maximum Gasteiger partial charge on any atom is 0.307 e. The van der Waals surface area contributed by atoms with Crippen molar-refractivity contribution in [2.24, 2.45) is 0 Å². The molecule has 0 saturated carbocycles. The van der Waals surface area contributed by atoms with Crippen LogP contribution in [0.5, 0.6) is 0 Å². The normalized spacial score (nSPS) is 10.2. The van der Waals surface area contributed by atoms with E-state index in [9.17, 15) is 9.59 Å². The summed E-state index contributed by atoms with van der Waals surface area (Å²) in [7, 11) is 1.61. The number of aryl methyl sites for hydroxylation is 2. The fraction of sp³-hybridized carbons (Fsp3) is 0.583. The van der Waals surface area contributed by atoms with Gasteiger partial charge in [-0.15, -0.1) is 0 Å². The van der Waals surface area contributed by atoms with Crippen molar-refractivity contribution in [2.45, 2.75) is 27.2 Å². The summed E-state index contributed by atoms with van der Waals surface area (Å²) in [5.41, 5.74) is 0.556. The number of hydrogen-bond donors (Lipinski definition) is 0. The van der Waals surface area contributed by atoms with Crippen LogP contribution in [0.4, 0.5) is 0 Å². The van der Waals surface area contributed by atoms with E-state index in [4.69, 9.17) is 9.15 Å². The third-order valence-corrected chi connectivity index (χ3v) is 2.40.